The number of aromatic carboxylic acids is 1. The minimum atomic E-state index is -1.16. The fraction of sp³-hybridized carbons (Fsp3) is 0.484. The Bertz CT molecular complexity index is 1390. The van der Waals surface area contributed by atoms with Crippen LogP contribution in [-0.4, -0.2) is 62.8 Å². The molecule has 1 radical (unpaired) electrons. The number of carboxylic acid groups (broad SMARTS) is 1. The molecule has 2 aromatic carbocycles. The van der Waals surface area contributed by atoms with Crippen molar-refractivity contribution in [2.75, 3.05) is 13.6 Å². The van der Waals surface area contributed by atoms with Gasteiger partial charge in [0.25, 0.3) is 9.04 Å². The lowest BCUT2D eigenvalue weighted by Crippen LogP contribution is -2.65. The number of carbonyl (C=O) groups is 2. The molecule has 0 saturated carbocycles. The van der Waals surface area contributed by atoms with Crippen LogP contribution in [0.1, 0.15) is 64.6 Å². The molecule has 0 amide bonds. The minimum Gasteiger partial charge on any atom is -0.542 e. The molecule has 2 aromatic rings. The van der Waals surface area contributed by atoms with Crippen molar-refractivity contribution in [3.05, 3.63) is 70.3 Å². The lowest BCUT2D eigenvalue weighted by Gasteiger charge is -2.56. The molecule has 1 spiro atoms. The zero-order valence-electron chi connectivity index (χ0n) is 23.4. The molecule has 6 rings (SSSR count). The summed E-state index contributed by atoms with van der Waals surface area (Å²) in [7, 11) is 1.19. The van der Waals surface area contributed by atoms with Crippen LogP contribution in [0.4, 0.5) is 0 Å². The second-order valence-corrected chi connectivity index (χ2v) is 14.6. The van der Waals surface area contributed by atoms with Gasteiger partial charge in [0.05, 0.1) is 11.1 Å². The number of hydrogen-bond donors (Lipinski definition) is 1. The number of carbonyl (C=O) groups excluding carboxylic acids is 1. The quantitative estimate of drug-likeness (QED) is 0.322. The lowest BCUT2D eigenvalue weighted by atomic mass is 9.53. The van der Waals surface area contributed by atoms with Crippen LogP contribution in [-0.2, 0) is 22.0 Å². The summed E-state index contributed by atoms with van der Waals surface area (Å²) < 4.78 is 19.6. The van der Waals surface area contributed by atoms with E-state index in [2.05, 4.69) is 58.0 Å². The van der Waals surface area contributed by atoms with E-state index in [1.165, 1.54) is 23.3 Å². The molecule has 2 aliphatic heterocycles. The molecule has 39 heavy (non-hydrogen) atoms. The Balaban J connectivity index is 1.49. The molecule has 2 bridgehead atoms. The van der Waals surface area contributed by atoms with Gasteiger partial charge >= 0.3 is 11.9 Å². The number of piperidine rings is 1. The van der Waals surface area contributed by atoms with Gasteiger partial charge in [-0.3, -0.25) is 0 Å². The number of esters is 1. The second kappa shape index (κ2) is 8.96. The maximum atomic E-state index is 13.4. The van der Waals surface area contributed by atoms with Crippen LogP contribution >= 0.6 is 0 Å². The van der Waals surface area contributed by atoms with E-state index < -0.39 is 33.2 Å². The number of benzene rings is 2. The van der Waals surface area contributed by atoms with Crippen LogP contribution in [0.5, 0.6) is 11.5 Å². The van der Waals surface area contributed by atoms with E-state index in [1.54, 1.807) is 12.1 Å². The van der Waals surface area contributed by atoms with Gasteiger partial charge in [0, 0.05) is 34.1 Å². The van der Waals surface area contributed by atoms with Crippen molar-refractivity contribution in [2.45, 2.75) is 75.8 Å². The van der Waals surface area contributed by atoms with Crippen LogP contribution < -0.4 is 9.16 Å². The first-order valence-corrected chi connectivity index (χ1v) is 16.1. The molecule has 1 saturated heterocycles. The average Bonchev–Trinajstić information content (AvgIpc) is 3.21. The summed E-state index contributed by atoms with van der Waals surface area (Å²) in [6, 6.07) is 8.67. The zero-order chi connectivity index (χ0) is 27.9. The minimum absolute atomic E-state index is 0.0470. The number of hydrogen-bond acceptors (Lipinski definition) is 6. The summed E-state index contributed by atoms with van der Waals surface area (Å²) in [6.07, 6.45) is 4.90. The van der Waals surface area contributed by atoms with E-state index in [-0.39, 0.29) is 33.9 Å². The molecular weight excluding hydrogens is 510 g/mol. The van der Waals surface area contributed by atoms with Gasteiger partial charge in [0.1, 0.15) is 17.6 Å². The molecule has 1 N–H and O–H groups in total. The number of ether oxygens (including phenoxy) is 2. The Morgan fingerprint density at radius 3 is 2.54 bits per heavy atom. The van der Waals surface area contributed by atoms with Gasteiger partial charge in [-0.2, -0.15) is 0 Å². The van der Waals surface area contributed by atoms with Crippen molar-refractivity contribution in [2.24, 2.45) is 5.92 Å². The molecule has 2 aliphatic carbocycles. The average molecular weight is 547 g/mol. The molecule has 4 aliphatic rings. The monoisotopic (exact) mass is 546 g/mol. The van der Waals surface area contributed by atoms with Gasteiger partial charge < -0.3 is 23.9 Å². The highest BCUT2D eigenvalue weighted by atomic mass is 28.3. The van der Waals surface area contributed by atoms with Crippen LogP contribution in [0.25, 0.3) is 0 Å². The summed E-state index contributed by atoms with van der Waals surface area (Å²) in [5, 5.41) is 9.64. The summed E-state index contributed by atoms with van der Waals surface area (Å²) in [5.41, 5.74) is 3.03. The predicted octanol–water partition coefficient (Wildman–Crippen LogP) is 4.98. The van der Waals surface area contributed by atoms with E-state index in [0.29, 0.717) is 0 Å². The van der Waals surface area contributed by atoms with Gasteiger partial charge in [-0.25, -0.2) is 9.59 Å². The number of carboxylic acids is 1. The smallest absolute Gasteiger partial charge is 0.339 e. The van der Waals surface area contributed by atoms with Crippen LogP contribution in [0, 0.1) is 5.92 Å². The Hall–Kier alpha value is -3.10. The fourth-order valence-corrected chi connectivity index (χ4v) is 7.91. The van der Waals surface area contributed by atoms with Crippen molar-refractivity contribution >= 4 is 21.0 Å². The lowest BCUT2D eigenvalue weighted by molar-refractivity contribution is -0.0556. The molecule has 0 unspecified atom stereocenters. The highest BCUT2D eigenvalue weighted by molar-refractivity contribution is 6.49. The number of nitrogens with zero attached hydrogens (tertiary/aromatic N) is 1. The van der Waals surface area contributed by atoms with Crippen molar-refractivity contribution in [1.82, 2.24) is 4.90 Å². The summed E-state index contributed by atoms with van der Waals surface area (Å²) in [6.45, 7) is 11.8. The van der Waals surface area contributed by atoms with Gasteiger partial charge in [0.15, 0.2) is 6.10 Å². The maximum absolute atomic E-state index is 13.4. The van der Waals surface area contributed by atoms with Gasteiger partial charge in [-0.05, 0) is 69.2 Å². The first-order chi connectivity index (χ1) is 18.4. The van der Waals surface area contributed by atoms with E-state index in [1.807, 2.05) is 6.08 Å². The van der Waals surface area contributed by atoms with E-state index in [4.69, 9.17) is 13.9 Å². The van der Waals surface area contributed by atoms with Crippen molar-refractivity contribution in [3.63, 3.8) is 0 Å². The van der Waals surface area contributed by atoms with Crippen molar-refractivity contribution in [1.29, 1.82) is 0 Å². The molecule has 8 heteroatoms. The highest BCUT2D eigenvalue weighted by Crippen LogP contribution is 2.64. The summed E-state index contributed by atoms with van der Waals surface area (Å²) in [4.78, 5) is 27.6. The molecule has 1 fully saturated rings. The third-order valence-corrected chi connectivity index (χ3v) is 9.61. The Kier molecular flexibility index (Phi) is 6.00. The van der Waals surface area contributed by atoms with E-state index in [9.17, 15) is 14.7 Å². The SMILES string of the molecule is CN1CC[C@]23c4c5c(O[Si](C)C)cc(C(C)(C)C)c4O[C@H]2[C@@H](OC(=O)c2ccccc2C(=O)O)C=C[C@H]3[C@H]1C5. The highest BCUT2D eigenvalue weighted by Gasteiger charge is 2.65. The van der Waals surface area contributed by atoms with Gasteiger partial charge in [-0.1, -0.05) is 39.0 Å². The van der Waals surface area contributed by atoms with Crippen LogP contribution in [0.2, 0.25) is 13.1 Å². The third-order valence-electron chi connectivity index (χ3n) is 8.98. The topological polar surface area (TPSA) is 85.3 Å². The normalized spacial score (nSPS) is 28.6. The third kappa shape index (κ3) is 3.86. The van der Waals surface area contributed by atoms with Gasteiger partial charge in [-0.15, -0.1) is 0 Å². The number of rotatable bonds is 5. The Morgan fingerprint density at radius 1 is 1.15 bits per heavy atom. The molecule has 205 valence electrons. The standard InChI is InChI=1S/C31H36NO6Si/c1-30(2,3)21-16-24(38-39(5)6)19-15-22-20-11-12-23(36-29(35)18-10-8-7-9-17(18)28(33)34)27-31(20,13-14-32(22)4)25(19)26(21)37-27/h7-12,16,20,22-23,27H,13-15H2,1-6H3,(H,33,34)/t20-,22+,23-,27-,31-/m0/s1. The van der Waals surface area contributed by atoms with Crippen LogP contribution in [0.15, 0.2) is 42.5 Å². The molecule has 0 aromatic heterocycles. The largest absolute Gasteiger partial charge is 0.542 e. The Morgan fingerprint density at radius 2 is 1.87 bits per heavy atom. The first-order valence-electron chi connectivity index (χ1n) is 13.7. The molecule has 2 heterocycles. The fourth-order valence-electron chi connectivity index (χ4n) is 7.29. The molecular formula is C31H36NO6Si. The zero-order valence-corrected chi connectivity index (χ0v) is 24.4. The second-order valence-electron chi connectivity index (χ2n) is 12.6. The molecule has 7 nitrogen and oxygen atoms in total. The number of likely N-dealkylation sites (N-methyl/N-ethyl adjacent to an activating group) is 1. The molecule has 5 atom stereocenters. The van der Waals surface area contributed by atoms with Crippen LogP contribution in [0.3, 0.4) is 0 Å². The summed E-state index contributed by atoms with van der Waals surface area (Å²) >= 11 is 0. The van der Waals surface area contributed by atoms with Gasteiger partial charge in [0.2, 0.25) is 0 Å². The summed E-state index contributed by atoms with van der Waals surface area (Å²) in [5.74, 6) is 0.294. The first kappa shape index (κ1) is 26.1. The van der Waals surface area contributed by atoms with Crippen molar-refractivity contribution in [3.8, 4) is 11.5 Å². The van der Waals surface area contributed by atoms with E-state index in [0.717, 1.165) is 36.4 Å². The Labute approximate surface area is 231 Å². The number of likely N-dealkylation sites (tertiary alicyclic amines) is 1. The van der Waals surface area contributed by atoms with E-state index >= 15 is 0 Å². The maximum Gasteiger partial charge on any atom is 0.339 e. The predicted molar refractivity (Wildman–Crippen MR) is 149 cm³/mol. The van der Waals surface area contributed by atoms with Crippen molar-refractivity contribution < 1.29 is 28.6 Å².